The third-order valence-corrected chi connectivity index (χ3v) is 3.07. The van der Waals surface area contributed by atoms with E-state index in [1.54, 1.807) is 0 Å². The fourth-order valence-electron chi connectivity index (χ4n) is 2.27. The molecule has 0 spiro atoms. The van der Waals surface area contributed by atoms with Gasteiger partial charge in [-0.05, 0) is 31.5 Å². The molecule has 1 atom stereocenters. The molecular weight excluding hydrogens is 224 g/mol. The highest BCUT2D eigenvalue weighted by Crippen LogP contribution is 2.22. The largest absolute Gasteiger partial charge is 0.463 e. The first kappa shape index (κ1) is 12.9. The fourth-order valence-corrected chi connectivity index (χ4v) is 2.27. The quantitative estimate of drug-likeness (QED) is 0.889. The van der Waals surface area contributed by atoms with Crippen LogP contribution in [0.25, 0.3) is 0 Å². The van der Waals surface area contributed by atoms with Crippen molar-refractivity contribution in [3.05, 3.63) is 58.5 Å². The minimum atomic E-state index is -0.563. The average molecular weight is 244 g/mol. The van der Waals surface area contributed by atoms with Crippen LogP contribution in [-0.4, -0.2) is 5.11 Å². The number of aryl methyl sites for hydroxylation is 3. The predicted molar refractivity (Wildman–Crippen MR) is 72.7 cm³/mol. The van der Waals surface area contributed by atoms with Crippen LogP contribution in [0.3, 0.4) is 0 Å². The lowest BCUT2D eigenvalue weighted by Gasteiger charge is -2.09. The molecule has 0 radical (unpaired) electrons. The van der Waals surface area contributed by atoms with Crippen molar-refractivity contribution in [2.75, 3.05) is 0 Å². The van der Waals surface area contributed by atoms with Gasteiger partial charge in [0, 0.05) is 12.8 Å². The van der Waals surface area contributed by atoms with Crippen molar-refractivity contribution in [3.8, 4) is 0 Å². The maximum Gasteiger partial charge on any atom is 0.133 e. The van der Waals surface area contributed by atoms with E-state index in [2.05, 4.69) is 32.0 Å². The number of aliphatic hydroxyl groups is 1. The number of hydrogen-bond acceptors (Lipinski definition) is 2. The van der Waals surface area contributed by atoms with E-state index in [-0.39, 0.29) is 0 Å². The Morgan fingerprint density at radius 2 is 1.78 bits per heavy atom. The molecule has 0 saturated carbocycles. The molecule has 0 saturated heterocycles. The fraction of sp³-hybridized carbons (Fsp3) is 0.375. The van der Waals surface area contributed by atoms with E-state index in [0.29, 0.717) is 12.2 Å². The van der Waals surface area contributed by atoms with Crippen LogP contribution in [0.1, 0.15) is 41.2 Å². The first-order valence-electron chi connectivity index (χ1n) is 6.42. The molecule has 1 aromatic heterocycles. The summed E-state index contributed by atoms with van der Waals surface area (Å²) in [4.78, 5) is 0. The molecule has 1 unspecified atom stereocenters. The van der Waals surface area contributed by atoms with Crippen LogP contribution in [0.15, 0.2) is 34.7 Å². The molecule has 0 amide bonds. The standard InChI is InChI=1S/C16H20O2/c1-4-14-5-6-16(18-14)15(17)10-13-8-11(2)7-12(3)9-13/h5-9,15,17H,4,10H2,1-3H3. The number of rotatable bonds is 4. The number of furan rings is 1. The normalized spacial score (nSPS) is 12.7. The zero-order valence-corrected chi connectivity index (χ0v) is 11.2. The van der Waals surface area contributed by atoms with E-state index < -0.39 is 6.10 Å². The van der Waals surface area contributed by atoms with Crippen LogP contribution in [-0.2, 0) is 12.8 Å². The third kappa shape index (κ3) is 3.02. The second-order valence-corrected chi connectivity index (χ2v) is 4.87. The van der Waals surface area contributed by atoms with Crippen LogP contribution >= 0.6 is 0 Å². The summed E-state index contributed by atoms with van der Waals surface area (Å²) in [6.07, 6.45) is 0.890. The molecular formula is C16H20O2. The van der Waals surface area contributed by atoms with Gasteiger partial charge in [-0.1, -0.05) is 36.2 Å². The molecule has 2 rings (SSSR count). The van der Waals surface area contributed by atoms with Gasteiger partial charge in [-0.25, -0.2) is 0 Å². The highest BCUT2D eigenvalue weighted by Gasteiger charge is 2.13. The number of hydrogen-bond donors (Lipinski definition) is 1. The SMILES string of the molecule is CCc1ccc(C(O)Cc2cc(C)cc(C)c2)o1. The van der Waals surface area contributed by atoms with E-state index in [1.165, 1.54) is 11.1 Å². The summed E-state index contributed by atoms with van der Waals surface area (Å²) in [5, 5.41) is 10.2. The Labute approximate surface area is 108 Å². The van der Waals surface area contributed by atoms with Gasteiger partial charge in [0.1, 0.15) is 17.6 Å². The monoisotopic (exact) mass is 244 g/mol. The van der Waals surface area contributed by atoms with Crippen molar-refractivity contribution in [3.63, 3.8) is 0 Å². The molecule has 96 valence electrons. The molecule has 0 aliphatic carbocycles. The van der Waals surface area contributed by atoms with Crippen LogP contribution < -0.4 is 0 Å². The first-order valence-corrected chi connectivity index (χ1v) is 6.42. The zero-order chi connectivity index (χ0) is 13.1. The van der Waals surface area contributed by atoms with Gasteiger partial charge < -0.3 is 9.52 Å². The second-order valence-electron chi connectivity index (χ2n) is 4.87. The van der Waals surface area contributed by atoms with Crippen LogP contribution in [0.2, 0.25) is 0 Å². The predicted octanol–water partition coefficient (Wildman–Crippen LogP) is 3.73. The molecule has 0 bridgehead atoms. The van der Waals surface area contributed by atoms with E-state index in [9.17, 15) is 5.11 Å². The Balaban J connectivity index is 2.12. The molecule has 1 N–H and O–H groups in total. The smallest absolute Gasteiger partial charge is 0.133 e. The van der Waals surface area contributed by atoms with E-state index >= 15 is 0 Å². The lowest BCUT2D eigenvalue weighted by molar-refractivity contribution is 0.148. The minimum absolute atomic E-state index is 0.563. The van der Waals surface area contributed by atoms with Crippen molar-refractivity contribution in [2.45, 2.75) is 39.7 Å². The molecule has 18 heavy (non-hydrogen) atoms. The highest BCUT2D eigenvalue weighted by atomic mass is 16.4. The number of benzene rings is 1. The van der Waals surface area contributed by atoms with Crippen molar-refractivity contribution in [2.24, 2.45) is 0 Å². The second kappa shape index (κ2) is 5.40. The molecule has 0 aliphatic heterocycles. The van der Waals surface area contributed by atoms with Crippen LogP contribution in [0.5, 0.6) is 0 Å². The molecule has 1 heterocycles. The van der Waals surface area contributed by atoms with E-state index in [0.717, 1.165) is 17.7 Å². The number of aliphatic hydroxyl groups excluding tert-OH is 1. The Bertz CT molecular complexity index is 505. The van der Waals surface area contributed by atoms with E-state index in [1.807, 2.05) is 19.1 Å². The van der Waals surface area contributed by atoms with Gasteiger partial charge in [0.15, 0.2) is 0 Å². The maximum atomic E-state index is 10.2. The molecule has 2 heteroatoms. The van der Waals surface area contributed by atoms with Crippen LogP contribution in [0.4, 0.5) is 0 Å². The van der Waals surface area contributed by atoms with Gasteiger partial charge in [-0.15, -0.1) is 0 Å². The third-order valence-electron chi connectivity index (χ3n) is 3.07. The highest BCUT2D eigenvalue weighted by molar-refractivity contribution is 5.29. The van der Waals surface area contributed by atoms with Gasteiger partial charge in [0.2, 0.25) is 0 Å². The lowest BCUT2D eigenvalue weighted by atomic mass is 10.0. The van der Waals surface area contributed by atoms with Crippen molar-refractivity contribution in [1.82, 2.24) is 0 Å². The Kier molecular flexibility index (Phi) is 3.87. The van der Waals surface area contributed by atoms with Gasteiger partial charge in [-0.2, -0.15) is 0 Å². The summed E-state index contributed by atoms with van der Waals surface area (Å²) in [6, 6.07) is 10.2. The first-order chi connectivity index (χ1) is 8.58. The Hall–Kier alpha value is -1.54. The summed E-state index contributed by atoms with van der Waals surface area (Å²) >= 11 is 0. The summed E-state index contributed by atoms with van der Waals surface area (Å²) in [5.41, 5.74) is 3.60. The van der Waals surface area contributed by atoms with Crippen molar-refractivity contribution in [1.29, 1.82) is 0 Å². The summed E-state index contributed by atoms with van der Waals surface area (Å²) in [6.45, 7) is 6.19. The molecule has 2 aromatic rings. The zero-order valence-electron chi connectivity index (χ0n) is 11.2. The molecule has 0 aliphatic rings. The average Bonchev–Trinajstić information content (AvgIpc) is 2.75. The van der Waals surface area contributed by atoms with Gasteiger partial charge in [0.25, 0.3) is 0 Å². The Morgan fingerprint density at radius 3 is 2.33 bits per heavy atom. The maximum absolute atomic E-state index is 10.2. The topological polar surface area (TPSA) is 33.4 Å². The summed E-state index contributed by atoms with van der Waals surface area (Å²) in [7, 11) is 0. The van der Waals surface area contributed by atoms with Gasteiger partial charge in [0.05, 0.1) is 0 Å². The Morgan fingerprint density at radius 1 is 1.11 bits per heavy atom. The van der Waals surface area contributed by atoms with E-state index in [4.69, 9.17) is 4.42 Å². The summed E-state index contributed by atoms with van der Waals surface area (Å²) < 4.78 is 5.58. The van der Waals surface area contributed by atoms with Gasteiger partial charge in [-0.3, -0.25) is 0 Å². The van der Waals surface area contributed by atoms with Crippen LogP contribution in [0, 0.1) is 13.8 Å². The minimum Gasteiger partial charge on any atom is -0.463 e. The summed E-state index contributed by atoms with van der Waals surface area (Å²) in [5.74, 6) is 1.58. The lowest BCUT2D eigenvalue weighted by Crippen LogP contribution is -2.01. The molecule has 0 fully saturated rings. The molecule has 1 aromatic carbocycles. The van der Waals surface area contributed by atoms with Crippen molar-refractivity contribution >= 4 is 0 Å². The molecule has 2 nitrogen and oxygen atoms in total. The van der Waals surface area contributed by atoms with Crippen molar-refractivity contribution < 1.29 is 9.52 Å². The van der Waals surface area contributed by atoms with Gasteiger partial charge >= 0.3 is 0 Å².